The first-order valence-corrected chi connectivity index (χ1v) is 13.9. The van der Waals surface area contributed by atoms with Crippen molar-refractivity contribution in [3.63, 3.8) is 0 Å². The van der Waals surface area contributed by atoms with E-state index >= 15 is 0 Å². The molecular weight excluding hydrogens is 498 g/mol. The van der Waals surface area contributed by atoms with E-state index in [1.165, 1.54) is 27.6 Å². The van der Waals surface area contributed by atoms with E-state index in [0.717, 1.165) is 29.6 Å². The maximum absolute atomic E-state index is 13.1. The van der Waals surface area contributed by atoms with Crippen LogP contribution in [0.25, 0.3) is 21.8 Å². The third-order valence-corrected chi connectivity index (χ3v) is 9.39. The minimum Gasteiger partial charge on any atom is -0.357 e. The summed E-state index contributed by atoms with van der Waals surface area (Å²) in [5, 5.41) is 16.3. The molecule has 0 unspecified atom stereocenters. The number of benzene rings is 2. The summed E-state index contributed by atoms with van der Waals surface area (Å²) in [5.74, 6) is -0.207. The lowest BCUT2D eigenvalue weighted by molar-refractivity contribution is -0.0722. The largest absolute Gasteiger partial charge is 0.357 e. The van der Waals surface area contributed by atoms with Crippen molar-refractivity contribution < 1.29 is 4.79 Å². The highest BCUT2D eigenvalue weighted by Gasteiger charge is 2.55. The SMILES string of the molecule is CN1[C@@H]2c3[nH]c4ccccc4c3C[C@H]1[C@H](C#N)N1[C@@H](CNC(=O)c3ccccn3)c3[nH]c4ccccc4c3C[C@@H]21. The number of nitrogens with one attached hydrogen (secondary N) is 3. The number of H-pyrrole nitrogens is 2. The minimum atomic E-state index is -0.329. The monoisotopic (exact) mass is 527 g/mol. The summed E-state index contributed by atoms with van der Waals surface area (Å²) in [7, 11) is 2.17. The Labute approximate surface area is 231 Å². The predicted octanol–water partition coefficient (Wildman–Crippen LogP) is 4.25. The molecule has 198 valence electrons. The first-order chi connectivity index (χ1) is 19.6. The molecule has 3 aliphatic rings. The Morgan fingerprint density at radius 3 is 2.30 bits per heavy atom. The van der Waals surface area contributed by atoms with E-state index in [-0.39, 0.29) is 36.1 Å². The van der Waals surface area contributed by atoms with Crippen LogP contribution in [0, 0.1) is 11.3 Å². The maximum atomic E-state index is 13.1. The van der Waals surface area contributed by atoms with Crippen LogP contribution in [0.1, 0.15) is 45.1 Å². The van der Waals surface area contributed by atoms with Crippen molar-refractivity contribution in [2.45, 2.75) is 43.1 Å². The number of amides is 1. The molecule has 8 nitrogen and oxygen atoms in total. The highest BCUT2D eigenvalue weighted by atomic mass is 16.1. The van der Waals surface area contributed by atoms with Crippen LogP contribution in [-0.2, 0) is 12.8 Å². The number of carbonyl (C=O) groups is 1. The molecule has 1 fully saturated rings. The van der Waals surface area contributed by atoms with Crippen LogP contribution in [0.5, 0.6) is 0 Å². The van der Waals surface area contributed by atoms with Gasteiger partial charge in [-0.15, -0.1) is 0 Å². The fourth-order valence-electron chi connectivity index (χ4n) is 7.69. The maximum Gasteiger partial charge on any atom is 0.269 e. The molecule has 0 saturated carbocycles. The Bertz CT molecular complexity index is 1820. The van der Waals surface area contributed by atoms with Gasteiger partial charge in [0.25, 0.3) is 5.91 Å². The van der Waals surface area contributed by atoms with Crippen molar-refractivity contribution in [2.75, 3.05) is 13.6 Å². The molecule has 40 heavy (non-hydrogen) atoms. The van der Waals surface area contributed by atoms with E-state index in [4.69, 9.17) is 0 Å². The van der Waals surface area contributed by atoms with Crippen LogP contribution < -0.4 is 5.32 Å². The molecule has 5 atom stereocenters. The number of likely N-dealkylation sites (N-methyl/N-ethyl adjacent to an activating group) is 1. The van der Waals surface area contributed by atoms with E-state index in [2.05, 4.69) is 85.7 Å². The van der Waals surface area contributed by atoms with E-state index < -0.39 is 0 Å². The third kappa shape index (κ3) is 3.25. The fraction of sp³-hybridized carbons (Fsp3) is 0.281. The summed E-state index contributed by atoms with van der Waals surface area (Å²) >= 11 is 0. The summed E-state index contributed by atoms with van der Waals surface area (Å²) in [6, 6.07) is 24.7. The van der Waals surface area contributed by atoms with Crippen LogP contribution in [0.15, 0.2) is 72.9 Å². The molecule has 2 aromatic carbocycles. The standard InChI is InChI=1S/C32H29N7O/c1-38-25-14-21-19-9-3-5-11-23(19)37-30(21)31(38)26-15-20-18-8-2-4-10-22(18)36-29(20)28(39(26)27(25)16-33)17-35-32(40)24-12-6-7-13-34-24/h2-13,25-28,31,36-37H,14-15,17H2,1H3,(H,35,40)/t25-,26-,27-,28-,31-/m0/s1. The van der Waals surface area contributed by atoms with Crippen LogP contribution in [0.4, 0.5) is 0 Å². The van der Waals surface area contributed by atoms with Crippen LogP contribution in [-0.4, -0.2) is 62.4 Å². The lowest BCUT2D eigenvalue weighted by atomic mass is 9.75. The summed E-state index contributed by atoms with van der Waals surface area (Å²) in [6.45, 7) is 0.382. The van der Waals surface area contributed by atoms with Crippen molar-refractivity contribution in [2.24, 2.45) is 0 Å². The molecule has 6 heterocycles. The second kappa shape index (κ2) is 8.78. The van der Waals surface area contributed by atoms with Crippen molar-refractivity contribution in [3.05, 3.63) is 101 Å². The molecular formula is C32H29N7O. The van der Waals surface area contributed by atoms with Gasteiger partial charge in [0.05, 0.1) is 18.2 Å². The van der Waals surface area contributed by atoms with Crippen molar-refractivity contribution >= 4 is 27.7 Å². The molecule has 2 bridgehead atoms. The molecule has 3 N–H and O–H groups in total. The normalized spacial score (nSPS) is 25.6. The van der Waals surface area contributed by atoms with E-state index in [0.29, 0.717) is 12.2 Å². The number of hydrogen-bond acceptors (Lipinski definition) is 5. The number of hydrogen-bond donors (Lipinski definition) is 3. The van der Waals surface area contributed by atoms with Gasteiger partial charge in [0.1, 0.15) is 11.7 Å². The molecule has 3 aliphatic heterocycles. The van der Waals surface area contributed by atoms with Gasteiger partial charge in [-0.2, -0.15) is 5.26 Å². The molecule has 3 aromatic heterocycles. The van der Waals surface area contributed by atoms with Crippen LogP contribution >= 0.6 is 0 Å². The van der Waals surface area contributed by atoms with E-state index in [1.54, 1.807) is 18.3 Å². The predicted molar refractivity (Wildman–Crippen MR) is 153 cm³/mol. The number of carbonyl (C=O) groups excluding carboxylic acids is 1. The van der Waals surface area contributed by atoms with Crippen molar-refractivity contribution in [1.82, 2.24) is 30.1 Å². The van der Waals surface area contributed by atoms with Gasteiger partial charge in [-0.25, -0.2) is 0 Å². The van der Waals surface area contributed by atoms with Gasteiger partial charge in [0.2, 0.25) is 0 Å². The number of nitrogens with zero attached hydrogens (tertiary/aromatic N) is 4. The van der Waals surface area contributed by atoms with Gasteiger partial charge in [0.15, 0.2) is 0 Å². The number of nitriles is 1. The topological polar surface area (TPSA) is 104 Å². The smallest absolute Gasteiger partial charge is 0.269 e. The number of aromatic nitrogens is 3. The minimum absolute atomic E-state index is 0.0397. The molecule has 8 rings (SSSR count). The summed E-state index contributed by atoms with van der Waals surface area (Å²) in [5.41, 5.74) is 7.60. The number of pyridine rings is 1. The third-order valence-electron chi connectivity index (χ3n) is 9.39. The second-order valence-corrected chi connectivity index (χ2v) is 11.2. The number of rotatable bonds is 3. The second-order valence-electron chi connectivity index (χ2n) is 11.2. The van der Waals surface area contributed by atoms with Gasteiger partial charge in [-0.3, -0.25) is 19.6 Å². The zero-order valence-corrected chi connectivity index (χ0v) is 22.1. The van der Waals surface area contributed by atoms with Crippen LogP contribution in [0.2, 0.25) is 0 Å². The Morgan fingerprint density at radius 2 is 1.60 bits per heavy atom. The molecule has 8 heteroatoms. The molecule has 1 saturated heterocycles. The molecule has 1 amide bonds. The Morgan fingerprint density at radius 1 is 0.950 bits per heavy atom. The highest BCUT2D eigenvalue weighted by Crippen LogP contribution is 2.51. The molecule has 0 aliphatic carbocycles. The van der Waals surface area contributed by atoms with Gasteiger partial charge in [-0.05, 0) is 55.3 Å². The molecule has 5 aromatic rings. The van der Waals surface area contributed by atoms with Gasteiger partial charge >= 0.3 is 0 Å². The fourth-order valence-corrected chi connectivity index (χ4v) is 7.69. The zero-order valence-electron chi connectivity index (χ0n) is 22.1. The van der Waals surface area contributed by atoms with E-state index in [1.807, 2.05) is 12.1 Å². The lowest BCUT2D eigenvalue weighted by Gasteiger charge is -2.58. The van der Waals surface area contributed by atoms with Crippen molar-refractivity contribution in [1.29, 1.82) is 5.26 Å². The summed E-state index contributed by atoms with van der Waals surface area (Å²) in [4.78, 5) is 29.6. The van der Waals surface area contributed by atoms with Gasteiger partial charge < -0.3 is 15.3 Å². The number of aromatic amines is 2. The molecule has 0 radical (unpaired) electrons. The Hall–Kier alpha value is -4.45. The Kier molecular flexibility index (Phi) is 5.15. The zero-order chi connectivity index (χ0) is 27.0. The average Bonchev–Trinajstić information content (AvgIpc) is 3.54. The van der Waals surface area contributed by atoms with Gasteiger partial charge in [-0.1, -0.05) is 42.5 Å². The number of piperazine rings is 1. The highest BCUT2D eigenvalue weighted by molar-refractivity contribution is 5.92. The molecule has 0 spiro atoms. The van der Waals surface area contributed by atoms with Gasteiger partial charge in [0, 0.05) is 58.0 Å². The van der Waals surface area contributed by atoms with Crippen LogP contribution in [0.3, 0.4) is 0 Å². The quantitative estimate of drug-likeness (QED) is 0.326. The lowest BCUT2D eigenvalue weighted by Crippen LogP contribution is -2.68. The first kappa shape index (κ1) is 23.4. The number of fused-ring (bicyclic) bond motifs is 11. The average molecular weight is 528 g/mol. The Balaban J connectivity index is 1.28. The summed E-state index contributed by atoms with van der Waals surface area (Å²) in [6.07, 6.45) is 3.26. The van der Waals surface area contributed by atoms with Crippen molar-refractivity contribution in [3.8, 4) is 6.07 Å². The number of para-hydroxylation sites is 2. The summed E-state index contributed by atoms with van der Waals surface area (Å²) < 4.78 is 0. The van der Waals surface area contributed by atoms with E-state index in [9.17, 15) is 10.1 Å². The first-order valence-electron chi connectivity index (χ1n) is 13.9.